The first-order valence-corrected chi connectivity index (χ1v) is 3.47. The summed E-state index contributed by atoms with van der Waals surface area (Å²) in [4.78, 5) is 11.0. The number of terminal acetylenes is 1. The lowest BCUT2D eigenvalue weighted by atomic mass is 10.2. The largest absolute Gasteiger partial charge is 0.369 e. The van der Waals surface area contributed by atoms with Gasteiger partial charge in [-0.05, 0) is 19.1 Å². The maximum absolute atomic E-state index is 11.0. The van der Waals surface area contributed by atoms with Crippen molar-refractivity contribution in [2.24, 2.45) is 0 Å². The normalized spacial score (nSPS) is 8.67. The van der Waals surface area contributed by atoms with E-state index in [4.69, 9.17) is 6.42 Å². The molecule has 0 amide bonds. The molecule has 0 saturated heterocycles. The molecule has 60 valence electrons. The van der Waals surface area contributed by atoms with Gasteiger partial charge in [-0.2, -0.15) is 0 Å². The molecule has 1 aromatic rings. The van der Waals surface area contributed by atoms with Crippen molar-refractivity contribution in [3.8, 4) is 12.5 Å². The molecule has 0 atom stereocenters. The van der Waals surface area contributed by atoms with Gasteiger partial charge in [0.15, 0.2) is 0 Å². The third-order valence-corrected chi connectivity index (χ3v) is 1.44. The highest BCUT2D eigenvalue weighted by molar-refractivity contribution is 5.90. The van der Waals surface area contributed by atoms with Gasteiger partial charge in [0.25, 0.3) is 0 Å². The van der Waals surface area contributed by atoms with E-state index in [9.17, 15) is 4.79 Å². The van der Waals surface area contributed by atoms with Crippen LogP contribution in [-0.2, 0) is 4.74 Å². The van der Waals surface area contributed by atoms with Gasteiger partial charge in [0.2, 0.25) is 0 Å². The molecule has 0 unspecified atom stereocenters. The van der Waals surface area contributed by atoms with Crippen LogP contribution in [0, 0.1) is 19.5 Å². The number of hydrogen-bond acceptors (Lipinski definition) is 2. The fourth-order valence-electron chi connectivity index (χ4n) is 0.802. The van der Waals surface area contributed by atoms with Gasteiger partial charge in [0.05, 0.1) is 5.56 Å². The molecule has 0 saturated carbocycles. The summed E-state index contributed by atoms with van der Waals surface area (Å²) in [6.45, 7) is 1.94. The maximum Gasteiger partial charge on any atom is 0.352 e. The minimum Gasteiger partial charge on any atom is -0.369 e. The smallest absolute Gasteiger partial charge is 0.352 e. The van der Waals surface area contributed by atoms with Crippen LogP contribution in [0.5, 0.6) is 0 Å². The van der Waals surface area contributed by atoms with Gasteiger partial charge in [-0.25, -0.2) is 4.79 Å². The van der Waals surface area contributed by atoms with E-state index < -0.39 is 5.97 Å². The molecular weight excluding hydrogens is 152 g/mol. The SMILES string of the molecule is C#COC(=O)c1ccc(C)cc1. The lowest BCUT2D eigenvalue weighted by molar-refractivity contribution is 0.0691. The first-order valence-electron chi connectivity index (χ1n) is 3.47. The number of ether oxygens (including phenoxy) is 1. The number of esters is 1. The van der Waals surface area contributed by atoms with Gasteiger partial charge in [-0.1, -0.05) is 24.1 Å². The molecule has 0 aliphatic carbocycles. The molecule has 0 radical (unpaired) electrons. The minimum absolute atomic E-state index is 0.471. The molecule has 2 heteroatoms. The monoisotopic (exact) mass is 160 g/mol. The molecule has 0 bridgehead atoms. The first kappa shape index (κ1) is 8.35. The van der Waals surface area contributed by atoms with Crippen LogP contribution < -0.4 is 0 Å². The fraction of sp³-hybridized carbons (Fsp3) is 0.100. The molecule has 0 aliphatic rings. The van der Waals surface area contributed by atoms with Gasteiger partial charge in [-0.15, -0.1) is 0 Å². The predicted molar refractivity (Wildman–Crippen MR) is 45.4 cm³/mol. The molecule has 0 aliphatic heterocycles. The third kappa shape index (κ3) is 1.86. The number of hydrogen-bond donors (Lipinski definition) is 0. The average molecular weight is 160 g/mol. The molecule has 1 rings (SSSR count). The van der Waals surface area contributed by atoms with E-state index in [-0.39, 0.29) is 0 Å². The summed E-state index contributed by atoms with van der Waals surface area (Å²) in [7, 11) is 0. The summed E-state index contributed by atoms with van der Waals surface area (Å²) >= 11 is 0. The summed E-state index contributed by atoms with van der Waals surface area (Å²) in [6.07, 6.45) is 6.63. The van der Waals surface area contributed by atoms with E-state index >= 15 is 0 Å². The number of aryl methyl sites for hydroxylation is 1. The second-order valence-corrected chi connectivity index (χ2v) is 2.37. The van der Waals surface area contributed by atoms with E-state index in [0.717, 1.165) is 5.56 Å². The Morgan fingerprint density at radius 1 is 1.42 bits per heavy atom. The summed E-state index contributed by atoms with van der Waals surface area (Å²) < 4.78 is 4.36. The molecule has 12 heavy (non-hydrogen) atoms. The second kappa shape index (κ2) is 3.59. The van der Waals surface area contributed by atoms with Gasteiger partial charge < -0.3 is 4.74 Å². The minimum atomic E-state index is -0.488. The molecule has 1 aromatic carbocycles. The van der Waals surface area contributed by atoms with Crippen LogP contribution in [0.1, 0.15) is 15.9 Å². The second-order valence-electron chi connectivity index (χ2n) is 2.37. The quantitative estimate of drug-likeness (QED) is 0.462. The molecule has 0 fully saturated rings. The van der Waals surface area contributed by atoms with E-state index in [1.165, 1.54) is 0 Å². The summed E-state index contributed by atoms with van der Waals surface area (Å²) in [5.74, 6) is -0.488. The Hall–Kier alpha value is -1.75. The highest BCUT2D eigenvalue weighted by Crippen LogP contribution is 2.03. The van der Waals surface area contributed by atoms with Crippen LogP contribution in [0.15, 0.2) is 24.3 Å². The lowest BCUT2D eigenvalue weighted by Crippen LogP contribution is -1.99. The number of carbonyl (C=O) groups is 1. The zero-order valence-corrected chi connectivity index (χ0v) is 6.70. The average Bonchev–Trinajstić information content (AvgIpc) is 2.06. The predicted octanol–water partition coefficient (Wildman–Crippen LogP) is 1.74. The van der Waals surface area contributed by atoms with Gasteiger partial charge in [-0.3, -0.25) is 0 Å². The van der Waals surface area contributed by atoms with E-state index in [1.807, 2.05) is 25.2 Å². The van der Waals surface area contributed by atoms with E-state index in [2.05, 4.69) is 4.74 Å². The van der Waals surface area contributed by atoms with Crippen molar-refractivity contribution in [3.63, 3.8) is 0 Å². The van der Waals surface area contributed by atoms with Crippen LogP contribution in [0.2, 0.25) is 0 Å². The molecule has 0 N–H and O–H groups in total. The van der Waals surface area contributed by atoms with Crippen molar-refractivity contribution in [2.75, 3.05) is 0 Å². The van der Waals surface area contributed by atoms with E-state index in [1.54, 1.807) is 12.1 Å². The van der Waals surface area contributed by atoms with Gasteiger partial charge in [0.1, 0.15) is 6.11 Å². The molecule has 0 spiro atoms. The summed E-state index contributed by atoms with van der Waals surface area (Å²) in [5, 5.41) is 0. The van der Waals surface area contributed by atoms with Gasteiger partial charge in [0, 0.05) is 0 Å². The van der Waals surface area contributed by atoms with Crippen LogP contribution >= 0.6 is 0 Å². The van der Waals surface area contributed by atoms with Crippen molar-refractivity contribution in [1.82, 2.24) is 0 Å². The molecule has 0 aromatic heterocycles. The molecule has 0 heterocycles. The highest BCUT2D eigenvalue weighted by Gasteiger charge is 2.03. The Morgan fingerprint density at radius 2 is 2.00 bits per heavy atom. The summed E-state index contributed by atoms with van der Waals surface area (Å²) in [5.41, 5.74) is 1.56. The Labute approximate surface area is 71.2 Å². The highest BCUT2D eigenvalue weighted by atomic mass is 16.5. The van der Waals surface area contributed by atoms with Crippen molar-refractivity contribution >= 4 is 5.97 Å². The van der Waals surface area contributed by atoms with Crippen LogP contribution in [-0.4, -0.2) is 5.97 Å². The van der Waals surface area contributed by atoms with Crippen molar-refractivity contribution in [1.29, 1.82) is 0 Å². The Kier molecular flexibility index (Phi) is 2.49. The van der Waals surface area contributed by atoms with Gasteiger partial charge >= 0.3 is 5.97 Å². The van der Waals surface area contributed by atoms with Crippen LogP contribution in [0.3, 0.4) is 0 Å². The Morgan fingerprint density at radius 3 is 2.50 bits per heavy atom. The number of benzene rings is 1. The Balaban J connectivity index is 2.84. The lowest BCUT2D eigenvalue weighted by Gasteiger charge is -1.96. The van der Waals surface area contributed by atoms with Crippen molar-refractivity contribution in [3.05, 3.63) is 35.4 Å². The number of rotatable bonds is 1. The number of carbonyl (C=O) groups excluding carboxylic acids is 1. The first-order chi connectivity index (χ1) is 5.74. The van der Waals surface area contributed by atoms with E-state index in [0.29, 0.717) is 5.56 Å². The maximum atomic E-state index is 11.0. The Bertz CT molecular complexity index is 317. The zero-order valence-electron chi connectivity index (χ0n) is 6.70. The van der Waals surface area contributed by atoms with Crippen molar-refractivity contribution in [2.45, 2.75) is 6.92 Å². The van der Waals surface area contributed by atoms with Crippen LogP contribution in [0.25, 0.3) is 0 Å². The summed E-state index contributed by atoms with van der Waals surface area (Å²) in [6, 6.07) is 7.00. The van der Waals surface area contributed by atoms with Crippen molar-refractivity contribution < 1.29 is 9.53 Å². The third-order valence-electron chi connectivity index (χ3n) is 1.44. The fourth-order valence-corrected chi connectivity index (χ4v) is 0.802. The standard InChI is InChI=1S/C10H8O2/c1-3-12-10(11)9-6-4-8(2)5-7-9/h1,4-7H,2H3. The zero-order chi connectivity index (χ0) is 8.97. The molecule has 2 nitrogen and oxygen atoms in total. The molecular formula is C10H8O2. The topological polar surface area (TPSA) is 26.3 Å². The van der Waals surface area contributed by atoms with Crippen LogP contribution in [0.4, 0.5) is 0 Å².